The van der Waals surface area contributed by atoms with Crippen LogP contribution in [0.3, 0.4) is 0 Å². The molecule has 0 radical (unpaired) electrons. The zero-order valence-corrected chi connectivity index (χ0v) is 13.3. The quantitative estimate of drug-likeness (QED) is 0.554. The number of hydrogen-bond acceptors (Lipinski definition) is 6. The van der Waals surface area contributed by atoms with Crippen LogP contribution in [-0.2, 0) is 19.1 Å². The van der Waals surface area contributed by atoms with E-state index in [1.54, 1.807) is 39.8 Å². The summed E-state index contributed by atoms with van der Waals surface area (Å²) in [4.78, 5) is 38.9. The first-order chi connectivity index (χ1) is 9.56. The van der Waals surface area contributed by atoms with Gasteiger partial charge in [-0.2, -0.15) is 0 Å². The third-order valence-electron chi connectivity index (χ3n) is 2.69. The summed E-state index contributed by atoms with van der Waals surface area (Å²) in [6, 6.07) is -1.07. The number of ketones is 1. The highest BCUT2D eigenvalue weighted by molar-refractivity contribution is 6.09. The van der Waals surface area contributed by atoms with Crippen LogP contribution < -0.4 is 0 Å². The number of carbonyl (C=O) groups is 3. The zero-order valence-electron chi connectivity index (χ0n) is 13.3. The van der Waals surface area contributed by atoms with E-state index in [1.807, 2.05) is 0 Å². The lowest BCUT2D eigenvalue weighted by molar-refractivity contribution is -0.144. The number of likely N-dealkylation sites (tertiary alicyclic amines) is 1. The predicted octanol–water partition coefficient (Wildman–Crippen LogP) is 0.793. The molecule has 7 nitrogen and oxygen atoms in total. The Morgan fingerprint density at radius 3 is 2.33 bits per heavy atom. The molecular weight excluding hydrogens is 276 g/mol. The molecule has 1 heterocycles. The molecule has 1 aliphatic heterocycles. The highest BCUT2D eigenvalue weighted by Crippen LogP contribution is 2.24. The second-order valence-electron chi connectivity index (χ2n) is 6.01. The van der Waals surface area contributed by atoms with E-state index < -0.39 is 23.7 Å². The maximum atomic E-state index is 12.2. The van der Waals surface area contributed by atoms with Crippen molar-refractivity contribution < 1.29 is 23.9 Å². The van der Waals surface area contributed by atoms with Crippen molar-refractivity contribution in [2.24, 2.45) is 0 Å². The van der Waals surface area contributed by atoms with E-state index in [4.69, 9.17) is 9.47 Å². The number of hydrogen-bond donors (Lipinski definition) is 0. The van der Waals surface area contributed by atoms with Crippen LogP contribution in [0.25, 0.3) is 0 Å². The summed E-state index contributed by atoms with van der Waals surface area (Å²) in [6.45, 7) is 4.94. The molecule has 0 saturated carbocycles. The van der Waals surface area contributed by atoms with Gasteiger partial charge in [-0.15, -0.1) is 0 Å². The molecule has 21 heavy (non-hydrogen) atoms. The molecule has 1 aliphatic rings. The third-order valence-corrected chi connectivity index (χ3v) is 2.69. The van der Waals surface area contributed by atoms with Crippen molar-refractivity contribution in [3.05, 3.63) is 11.8 Å². The highest BCUT2D eigenvalue weighted by Gasteiger charge is 2.45. The predicted molar refractivity (Wildman–Crippen MR) is 75.5 cm³/mol. The van der Waals surface area contributed by atoms with Gasteiger partial charge in [0.1, 0.15) is 5.60 Å². The minimum absolute atomic E-state index is 0.200. The molecule has 1 rings (SSSR count). The van der Waals surface area contributed by atoms with Gasteiger partial charge in [0.15, 0.2) is 11.8 Å². The molecule has 118 valence electrons. The molecular formula is C14H22N2O5. The Bertz CT molecular complexity index is 476. The number of nitrogens with zero attached hydrogens (tertiary/aromatic N) is 2. The molecule has 0 N–H and O–H groups in total. The van der Waals surface area contributed by atoms with Gasteiger partial charge in [0.2, 0.25) is 0 Å². The lowest BCUT2D eigenvalue weighted by Gasteiger charge is -2.27. The molecule has 0 aromatic rings. The summed E-state index contributed by atoms with van der Waals surface area (Å²) >= 11 is 0. The van der Waals surface area contributed by atoms with Gasteiger partial charge in [0.05, 0.1) is 13.7 Å². The molecule has 1 amide bonds. The molecule has 1 atom stereocenters. The smallest absolute Gasteiger partial charge is 0.411 e. The minimum atomic E-state index is -1.07. The van der Waals surface area contributed by atoms with Crippen LogP contribution in [0.1, 0.15) is 20.8 Å². The van der Waals surface area contributed by atoms with Crippen LogP contribution in [0, 0.1) is 0 Å². The molecule has 0 bridgehead atoms. The Morgan fingerprint density at radius 1 is 1.33 bits per heavy atom. The fraction of sp³-hybridized carbons (Fsp3) is 0.643. The molecule has 0 aliphatic carbocycles. The first-order valence-corrected chi connectivity index (χ1v) is 6.55. The van der Waals surface area contributed by atoms with E-state index in [0.717, 1.165) is 4.90 Å². The van der Waals surface area contributed by atoms with Crippen LogP contribution in [0.5, 0.6) is 0 Å². The Morgan fingerprint density at radius 2 is 1.90 bits per heavy atom. The molecule has 1 unspecified atom stereocenters. The molecule has 1 fully saturated rings. The van der Waals surface area contributed by atoms with Crippen LogP contribution in [0.4, 0.5) is 4.79 Å². The molecule has 0 spiro atoms. The van der Waals surface area contributed by atoms with Crippen molar-refractivity contribution in [1.29, 1.82) is 0 Å². The standard InChI is InChI=1S/C14H22N2O5/c1-14(2,3)21-13(19)16-8-10(17)9(7-15(4)5)11(16)12(18)20-6/h7,11H,8H2,1-6H3. The van der Waals surface area contributed by atoms with Gasteiger partial charge in [0.25, 0.3) is 0 Å². The Hall–Kier alpha value is -2.05. The number of Topliss-reactive ketones (excluding diaryl/α,β-unsaturated/α-hetero) is 1. The van der Waals surface area contributed by atoms with Crippen LogP contribution >= 0.6 is 0 Å². The monoisotopic (exact) mass is 298 g/mol. The Balaban J connectivity index is 3.12. The summed E-state index contributed by atoms with van der Waals surface area (Å²) in [7, 11) is 4.67. The highest BCUT2D eigenvalue weighted by atomic mass is 16.6. The summed E-state index contributed by atoms with van der Waals surface area (Å²) in [5.74, 6) is -0.968. The molecule has 7 heteroatoms. The average molecular weight is 298 g/mol. The minimum Gasteiger partial charge on any atom is -0.467 e. The fourth-order valence-electron chi connectivity index (χ4n) is 1.93. The van der Waals surface area contributed by atoms with Gasteiger partial charge in [-0.3, -0.25) is 9.69 Å². The topological polar surface area (TPSA) is 76.2 Å². The molecule has 0 aromatic carbocycles. The number of methoxy groups -OCH3 is 1. The van der Waals surface area contributed by atoms with Crippen molar-refractivity contribution >= 4 is 17.8 Å². The third kappa shape index (κ3) is 4.21. The first kappa shape index (κ1) is 17.0. The van der Waals surface area contributed by atoms with Crippen molar-refractivity contribution in [2.45, 2.75) is 32.4 Å². The summed E-state index contributed by atoms with van der Waals surface area (Å²) < 4.78 is 9.94. The average Bonchev–Trinajstić information content (AvgIpc) is 2.63. The normalized spacial score (nSPS) is 20.7. The number of ether oxygens (including phenoxy) is 2. The zero-order chi connectivity index (χ0) is 16.4. The van der Waals surface area contributed by atoms with E-state index in [-0.39, 0.29) is 17.9 Å². The van der Waals surface area contributed by atoms with Crippen molar-refractivity contribution in [2.75, 3.05) is 27.7 Å². The van der Waals surface area contributed by atoms with Gasteiger partial charge in [-0.25, -0.2) is 9.59 Å². The van der Waals surface area contributed by atoms with Gasteiger partial charge < -0.3 is 14.4 Å². The first-order valence-electron chi connectivity index (χ1n) is 6.55. The van der Waals surface area contributed by atoms with E-state index in [0.29, 0.717) is 0 Å². The summed E-state index contributed by atoms with van der Waals surface area (Å²) in [6.07, 6.45) is 0.808. The number of esters is 1. The lowest BCUT2D eigenvalue weighted by atomic mass is 10.1. The van der Waals surface area contributed by atoms with Crippen LogP contribution in [-0.4, -0.2) is 67.0 Å². The summed E-state index contributed by atoms with van der Waals surface area (Å²) in [5, 5.41) is 0. The van der Waals surface area contributed by atoms with E-state index in [9.17, 15) is 14.4 Å². The SMILES string of the molecule is COC(=O)C1C(=CN(C)C)C(=O)CN1C(=O)OC(C)(C)C. The van der Waals surface area contributed by atoms with Crippen molar-refractivity contribution in [3.63, 3.8) is 0 Å². The lowest BCUT2D eigenvalue weighted by Crippen LogP contribution is -2.44. The number of amides is 1. The largest absolute Gasteiger partial charge is 0.467 e. The van der Waals surface area contributed by atoms with Crippen LogP contribution in [0.15, 0.2) is 11.8 Å². The number of rotatable bonds is 2. The van der Waals surface area contributed by atoms with Crippen LogP contribution in [0.2, 0.25) is 0 Å². The second kappa shape index (κ2) is 6.15. The van der Waals surface area contributed by atoms with E-state index in [1.165, 1.54) is 13.3 Å². The Kier molecular flexibility index (Phi) is 4.98. The fourth-order valence-corrected chi connectivity index (χ4v) is 1.93. The number of carbonyl (C=O) groups excluding carboxylic acids is 3. The maximum Gasteiger partial charge on any atom is 0.411 e. The molecule has 1 saturated heterocycles. The maximum absolute atomic E-state index is 12.2. The Labute approximate surface area is 124 Å². The molecule has 0 aromatic heterocycles. The summed E-state index contributed by atoms with van der Waals surface area (Å²) in [5.41, 5.74) is -0.493. The van der Waals surface area contributed by atoms with E-state index >= 15 is 0 Å². The van der Waals surface area contributed by atoms with Gasteiger partial charge >= 0.3 is 12.1 Å². The van der Waals surface area contributed by atoms with Gasteiger partial charge in [-0.05, 0) is 20.8 Å². The van der Waals surface area contributed by atoms with Gasteiger partial charge in [-0.1, -0.05) is 0 Å². The van der Waals surface area contributed by atoms with E-state index in [2.05, 4.69) is 0 Å². The van der Waals surface area contributed by atoms with Crippen molar-refractivity contribution in [1.82, 2.24) is 9.80 Å². The van der Waals surface area contributed by atoms with Crippen molar-refractivity contribution in [3.8, 4) is 0 Å². The van der Waals surface area contributed by atoms with Gasteiger partial charge in [0, 0.05) is 25.9 Å². The second-order valence-corrected chi connectivity index (χ2v) is 6.01.